The summed E-state index contributed by atoms with van der Waals surface area (Å²) < 4.78 is 0.714. The van der Waals surface area contributed by atoms with E-state index < -0.39 is 0 Å². The van der Waals surface area contributed by atoms with Crippen molar-refractivity contribution in [3.05, 3.63) is 33.3 Å². The van der Waals surface area contributed by atoms with Gasteiger partial charge in [-0.2, -0.15) is 0 Å². The van der Waals surface area contributed by atoms with E-state index in [1.54, 1.807) is 18.2 Å². The average Bonchev–Trinajstić information content (AvgIpc) is 2.37. The Morgan fingerprint density at radius 3 is 2.94 bits per heavy atom. The maximum atomic E-state index is 11.9. The predicted molar refractivity (Wildman–Crippen MR) is 77.0 cm³/mol. The largest absolute Gasteiger partial charge is 0.396 e. The zero-order valence-corrected chi connectivity index (χ0v) is 12.6. The van der Waals surface area contributed by atoms with Crippen molar-refractivity contribution >= 4 is 33.4 Å². The number of rotatable bonds is 6. The van der Waals surface area contributed by atoms with E-state index in [-0.39, 0.29) is 18.4 Å². The van der Waals surface area contributed by atoms with Crippen molar-refractivity contribution in [1.82, 2.24) is 5.32 Å². The number of hydrogen-bond donors (Lipinski definition) is 2. The minimum absolute atomic E-state index is 0.169. The number of aliphatic hydroxyl groups excluding tert-OH is 1. The number of carbonyl (C=O) groups is 1. The third-order valence-corrected chi connectivity index (χ3v) is 3.96. The van der Waals surface area contributed by atoms with Gasteiger partial charge in [-0.25, -0.2) is 0 Å². The lowest BCUT2D eigenvalue weighted by molar-refractivity contribution is 0.0952. The SMILES string of the molecule is CC(CO)CCCNC(=O)c1cccc(Br)c1Cl. The molecule has 0 aliphatic rings. The van der Waals surface area contributed by atoms with Crippen LogP contribution in [-0.4, -0.2) is 24.2 Å². The van der Waals surface area contributed by atoms with Crippen LogP contribution in [0.1, 0.15) is 30.1 Å². The number of aliphatic hydroxyl groups is 1. The molecule has 1 aromatic rings. The number of nitrogens with one attached hydrogen (secondary N) is 1. The summed E-state index contributed by atoms with van der Waals surface area (Å²) in [7, 11) is 0. The molecule has 0 saturated carbocycles. The fraction of sp³-hybridized carbons (Fsp3) is 0.462. The summed E-state index contributed by atoms with van der Waals surface area (Å²) in [5.74, 6) is 0.106. The van der Waals surface area contributed by atoms with Crippen molar-refractivity contribution in [3.8, 4) is 0 Å². The lowest BCUT2D eigenvalue weighted by atomic mass is 10.1. The van der Waals surface area contributed by atoms with Crippen LogP contribution in [0.4, 0.5) is 0 Å². The van der Waals surface area contributed by atoms with Gasteiger partial charge in [-0.1, -0.05) is 24.6 Å². The molecule has 5 heteroatoms. The zero-order chi connectivity index (χ0) is 13.5. The molecule has 0 fully saturated rings. The summed E-state index contributed by atoms with van der Waals surface area (Å²) in [6.45, 7) is 2.75. The van der Waals surface area contributed by atoms with Crippen LogP contribution in [0.15, 0.2) is 22.7 Å². The fourth-order valence-electron chi connectivity index (χ4n) is 1.52. The third-order valence-electron chi connectivity index (χ3n) is 2.67. The van der Waals surface area contributed by atoms with Gasteiger partial charge in [0.1, 0.15) is 0 Å². The van der Waals surface area contributed by atoms with Gasteiger partial charge in [0.25, 0.3) is 5.91 Å². The van der Waals surface area contributed by atoms with Gasteiger partial charge in [0, 0.05) is 17.6 Å². The van der Waals surface area contributed by atoms with Crippen molar-refractivity contribution in [2.75, 3.05) is 13.2 Å². The molecule has 0 aliphatic carbocycles. The van der Waals surface area contributed by atoms with Crippen LogP contribution < -0.4 is 5.32 Å². The van der Waals surface area contributed by atoms with E-state index in [4.69, 9.17) is 16.7 Å². The summed E-state index contributed by atoms with van der Waals surface area (Å²) in [5, 5.41) is 12.1. The maximum Gasteiger partial charge on any atom is 0.252 e. The van der Waals surface area contributed by atoms with Crippen LogP contribution in [0.5, 0.6) is 0 Å². The Bertz CT molecular complexity index is 412. The number of amides is 1. The molecular weight excluding hydrogens is 318 g/mol. The summed E-state index contributed by atoms with van der Waals surface area (Å²) in [6.07, 6.45) is 1.74. The van der Waals surface area contributed by atoms with Gasteiger partial charge >= 0.3 is 0 Å². The Balaban J connectivity index is 2.44. The summed E-state index contributed by atoms with van der Waals surface area (Å²) >= 11 is 9.32. The molecule has 1 atom stereocenters. The number of carbonyl (C=O) groups excluding carboxylic acids is 1. The van der Waals surface area contributed by atoms with Gasteiger partial charge in [-0.3, -0.25) is 4.79 Å². The Labute approximate surface area is 121 Å². The highest BCUT2D eigenvalue weighted by Gasteiger charge is 2.11. The van der Waals surface area contributed by atoms with E-state index in [1.165, 1.54) is 0 Å². The Morgan fingerprint density at radius 2 is 2.28 bits per heavy atom. The molecule has 0 heterocycles. The molecule has 1 aromatic carbocycles. The second-order valence-corrected chi connectivity index (χ2v) is 5.52. The quantitative estimate of drug-likeness (QED) is 0.785. The molecule has 0 spiro atoms. The monoisotopic (exact) mass is 333 g/mol. The van der Waals surface area contributed by atoms with Gasteiger partial charge in [0.05, 0.1) is 10.6 Å². The molecule has 1 unspecified atom stereocenters. The Morgan fingerprint density at radius 1 is 1.56 bits per heavy atom. The summed E-state index contributed by atoms with van der Waals surface area (Å²) in [4.78, 5) is 11.9. The topological polar surface area (TPSA) is 49.3 Å². The van der Waals surface area contributed by atoms with Gasteiger partial charge in [-0.05, 0) is 46.8 Å². The van der Waals surface area contributed by atoms with Crippen LogP contribution in [0, 0.1) is 5.92 Å². The minimum atomic E-state index is -0.169. The number of hydrogen-bond acceptors (Lipinski definition) is 2. The normalized spacial score (nSPS) is 12.2. The van der Waals surface area contributed by atoms with Gasteiger partial charge < -0.3 is 10.4 Å². The Hall–Kier alpha value is -0.580. The minimum Gasteiger partial charge on any atom is -0.396 e. The van der Waals surface area contributed by atoms with Crippen LogP contribution in [-0.2, 0) is 0 Å². The van der Waals surface area contributed by atoms with Gasteiger partial charge in [0.15, 0.2) is 0 Å². The third kappa shape index (κ3) is 4.59. The first kappa shape index (κ1) is 15.5. The highest BCUT2D eigenvalue weighted by atomic mass is 79.9. The second kappa shape index (κ2) is 7.77. The smallest absolute Gasteiger partial charge is 0.252 e. The van der Waals surface area contributed by atoms with E-state index in [2.05, 4.69) is 21.2 Å². The number of halogens is 2. The number of benzene rings is 1. The summed E-state index contributed by atoms with van der Waals surface area (Å²) in [5.41, 5.74) is 0.473. The highest BCUT2D eigenvalue weighted by Crippen LogP contribution is 2.25. The van der Waals surface area contributed by atoms with Crippen molar-refractivity contribution in [1.29, 1.82) is 0 Å². The summed E-state index contributed by atoms with van der Waals surface area (Å²) in [6, 6.07) is 5.26. The van der Waals surface area contributed by atoms with Crippen LogP contribution in [0.25, 0.3) is 0 Å². The lowest BCUT2D eigenvalue weighted by Gasteiger charge is -2.09. The van der Waals surface area contributed by atoms with Gasteiger partial charge in [-0.15, -0.1) is 0 Å². The fourth-order valence-corrected chi connectivity index (χ4v) is 2.10. The first-order chi connectivity index (χ1) is 8.56. The molecule has 0 radical (unpaired) electrons. The maximum absolute atomic E-state index is 11.9. The van der Waals surface area contributed by atoms with Crippen LogP contribution >= 0.6 is 27.5 Å². The Kier molecular flexibility index (Phi) is 6.68. The molecule has 1 rings (SSSR count). The molecule has 0 saturated heterocycles. The second-order valence-electron chi connectivity index (χ2n) is 4.29. The zero-order valence-electron chi connectivity index (χ0n) is 10.2. The van der Waals surface area contributed by atoms with E-state index in [0.29, 0.717) is 21.6 Å². The average molecular weight is 335 g/mol. The molecule has 100 valence electrons. The van der Waals surface area contributed by atoms with Gasteiger partial charge in [0.2, 0.25) is 0 Å². The van der Waals surface area contributed by atoms with Crippen molar-refractivity contribution in [2.24, 2.45) is 5.92 Å². The van der Waals surface area contributed by atoms with Crippen LogP contribution in [0.2, 0.25) is 5.02 Å². The molecule has 0 bridgehead atoms. The molecule has 0 aromatic heterocycles. The predicted octanol–water partition coefficient (Wildman–Crippen LogP) is 3.24. The van der Waals surface area contributed by atoms with E-state index in [1.807, 2.05) is 6.92 Å². The molecule has 3 nitrogen and oxygen atoms in total. The van der Waals surface area contributed by atoms with E-state index >= 15 is 0 Å². The highest BCUT2D eigenvalue weighted by molar-refractivity contribution is 9.10. The van der Waals surface area contributed by atoms with Crippen LogP contribution in [0.3, 0.4) is 0 Å². The molecular formula is C13H17BrClNO2. The van der Waals surface area contributed by atoms with Crippen molar-refractivity contribution in [2.45, 2.75) is 19.8 Å². The van der Waals surface area contributed by atoms with E-state index in [9.17, 15) is 4.79 Å². The molecule has 2 N–H and O–H groups in total. The van der Waals surface area contributed by atoms with E-state index in [0.717, 1.165) is 12.8 Å². The molecule has 0 aliphatic heterocycles. The van der Waals surface area contributed by atoms with Crippen molar-refractivity contribution in [3.63, 3.8) is 0 Å². The first-order valence-corrected chi connectivity index (χ1v) is 7.06. The molecule has 18 heavy (non-hydrogen) atoms. The van der Waals surface area contributed by atoms with Crippen molar-refractivity contribution < 1.29 is 9.90 Å². The lowest BCUT2D eigenvalue weighted by Crippen LogP contribution is -2.25. The first-order valence-electron chi connectivity index (χ1n) is 5.89. The standard InChI is InChI=1S/C13H17BrClNO2/c1-9(8-17)4-3-7-16-13(18)10-5-2-6-11(14)12(10)15/h2,5-6,9,17H,3-4,7-8H2,1H3,(H,16,18). The molecule has 1 amide bonds.